The second-order valence-electron chi connectivity index (χ2n) is 5.62. The van der Waals surface area contributed by atoms with Crippen LogP contribution in [0.15, 0.2) is 54.8 Å². The van der Waals surface area contributed by atoms with Crippen LogP contribution in [0.4, 0.5) is 4.79 Å². The van der Waals surface area contributed by atoms with E-state index in [1.165, 1.54) is 0 Å². The Kier molecular flexibility index (Phi) is 3.45. The molecule has 1 fully saturated rings. The van der Waals surface area contributed by atoms with Crippen LogP contribution < -0.4 is 0 Å². The Balaban J connectivity index is 2.00. The third-order valence-electron chi connectivity index (χ3n) is 4.32. The van der Waals surface area contributed by atoms with Crippen LogP contribution in [-0.2, 0) is 4.74 Å². The van der Waals surface area contributed by atoms with Gasteiger partial charge in [-0.25, -0.2) is 4.79 Å². The average molecular weight is 284 g/mol. The Bertz CT molecular complexity index is 582. The quantitative estimate of drug-likeness (QED) is 0.781. The lowest BCUT2D eigenvalue weighted by molar-refractivity contribution is 0.0249. The van der Waals surface area contributed by atoms with Crippen molar-refractivity contribution >= 4 is 6.03 Å². The minimum absolute atomic E-state index is 0.0159. The molecule has 21 heavy (non-hydrogen) atoms. The molecule has 1 saturated heterocycles. The standard InChI is InChI=1S/C17H20N2O2/c1-12-8-7-11-21-16(12)19-15(13(2)18(3)17(19)20)14-9-5-4-6-10-14/h4-7,9-11,13,15-16H,1,8H2,2-3H3/t13-,15-,16-/m0/s1. The predicted molar refractivity (Wildman–Crippen MR) is 81.4 cm³/mol. The number of likely N-dealkylation sites (N-methyl/N-ethyl adjacent to an activating group) is 1. The number of urea groups is 1. The van der Waals surface area contributed by atoms with E-state index in [4.69, 9.17) is 4.74 Å². The number of rotatable bonds is 2. The highest BCUT2D eigenvalue weighted by atomic mass is 16.5. The molecular formula is C17H20N2O2. The third kappa shape index (κ3) is 2.20. The van der Waals surface area contributed by atoms with Crippen molar-refractivity contribution in [3.8, 4) is 0 Å². The van der Waals surface area contributed by atoms with Crippen molar-refractivity contribution in [3.63, 3.8) is 0 Å². The number of amides is 2. The number of allylic oxidation sites excluding steroid dienone is 1. The molecule has 1 aromatic rings. The molecule has 0 aliphatic carbocycles. The summed E-state index contributed by atoms with van der Waals surface area (Å²) in [5, 5.41) is 0. The smallest absolute Gasteiger partial charge is 0.323 e. The van der Waals surface area contributed by atoms with E-state index < -0.39 is 0 Å². The van der Waals surface area contributed by atoms with Gasteiger partial charge in [0, 0.05) is 7.05 Å². The van der Waals surface area contributed by atoms with Gasteiger partial charge < -0.3 is 9.64 Å². The highest BCUT2D eigenvalue weighted by Crippen LogP contribution is 2.38. The lowest BCUT2D eigenvalue weighted by Gasteiger charge is -2.34. The number of benzene rings is 1. The van der Waals surface area contributed by atoms with E-state index >= 15 is 0 Å². The maximum absolute atomic E-state index is 12.7. The molecule has 110 valence electrons. The summed E-state index contributed by atoms with van der Waals surface area (Å²) in [7, 11) is 1.84. The summed E-state index contributed by atoms with van der Waals surface area (Å²) < 4.78 is 5.69. The van der Waals surface area contributed by atoms with Gasteiger partial charge in [0.2, 0.25) is 0 Å². The van der Waals surface area contributed by atoms with Crippen molar-refractivity contribution in [2.45, 2.75) is 31.7 Å². The molecule has 0 saturated carbocycles. The molecule has 4 nitrogen and oxygen atoms in total. The fraction of sp³-hybridized carbons (Fsp3) is 0.353. The minimum atomic E-state index is -0.389. The molecule has 0 N–H and O–H groups in total. The molecule has 3 rings (SSSR count). The molecular weight excluding hydrogens is 264 g/mol. The van der Waals surface area contributed by atoms with Crippen LogP contribution >= 0.6 is 0 Å². The molecule has 0 aromatic heterocycles. The van der Waals surface area contributed by atoms with Gasteiger partial charge in [-0.3, -0.25) is 4.90 Å². The topological polar surface area (TPSA) is 32.8 Å². The number of hydrogen-bond donors (Lipinski definition) is 0. The first-order chi connectivity index (χ1) is 10.1. The maximum atomic E-state index is 12.7. The Hall–Kier alpha value is -2.23. The summed E-state index contributed by atoms with van der Waals surface area (Å²) in [5.74, 6) is 0. The van der Waals surface area contributed by atoms with E-state index in [0.29, 0.717) is 0 Å². The molecule has 0 unspecified atom stereocenters. The van der Waals surface area contributed by atoms with Crippen molar-refractivity contribution in [1.29, 1.82) is 0 Å². The zero-order valence-electron chi connectivity index (χ0n) is 12.4. The van der Waals surface area contributed by atoms with Gasteiger partial charge in [-0.15, -0.1) is 0 Å². The summed E-state index contributed by atoms with van der Waals surface area (Å²) in [4.78, 5) is 16.2. The minimum Gasteiger partial charge on any atom is -0.474 e. The van der Waals surface area contributed by atoms with Gasteiger partial charge in [-0.1, -0.05) is 36.9 Å². The van der Waals surface area contributed by atoms with E-state index in [9.17, 15) is 4.79 Å². The van der Waals surface area contributed by atoms with Crippen LogP contribution in [0.1, 0.15) is 24.9 Å². The van der Waals surface area contributed by atoms with Crippen molar-refractivity contribution in [1.82, 2.24) is 9.80 Å². The molecule has 2 aliphatic heterocycles. The Morgan fingerprint density at radius 3 is 2.67 bits per heavy atom. The van der Waals surface area contributed by atoms with E-state index in [0.717, 1.165) is 17.6 Å². The summed E-state index contributed by atoms with van der Waals surface area (Å²) in [6, 6.07) is 10.1. The first-order valence-electron chi connectivity index (χ1n) is 7.19. The van der Waals surface area contributed by atoms with Crippen LogP contribution in [0.5, 0.6) is 0 Å². The highest BCUT2D eigenvalue weighted by molar-refractivity contribution is 5.78. The molecule has 4 heteroatoms. The Morgan fingerprint density at radius 2 is 2.00 bits per heavy atom. The van der Waals surface area contributed by atoms with Crippen LogP contribution in [-0.4, -0.2) is 35.1 Å². The summed E-state index contributed by atoms with van der Waals surface area (Å²) >= 11 is 0. The number of carbonyl (C=O) groups excluding carboxylic acids is 1. The van der Waals surface area contributed by atoms with Gasteiger partial charge in [0.15, 0.2) is 6.23 Å². The first kappa shape index (κ1) is 13.7. The van der Waals surface area contributed by atoms with Gasteiger partial charge in [0.1, 0.15) is 0 Å². The summed E-state index contributed by atoms with van der Waals surface area (Å²) in [6.07, 6.45) is 3.94. The monoisotopic (exact) mass is 284 g/mol. The van der Waals surface area contributed by atoms with Crippen LogP contribution in [0.2, 0.25) is 0 Å². The summed E-state index contributed by atoms with van der Waals surface area (Å²) in [5.41, 5.74) is 2.03. The zero-order valence-corrected chi connectivity index (χ0v) is 12.4. The number of hydrogen-bond acceptors (Lipinski definition) is 2. The first-order valence-corrected chi connectivity index (χ1v) is 7.19. The van der Waals surface area contributed by atoms with Gasteiger partial charge in [0.05, 0.1) is 18.3 Å². The van der Waals surface area contributed by atoms with Gasteiger partial charge in [0.25, 0.3) is 0 Å². The molecule has 1 aromatic carbocycles. The van der Waals surface area contributed by atoms with E-state index in [1.807, 2.05) is 36.2 Å². The molecule has 3 atom stereocenters. The summed E-state index contributed by atoms with van der Waals surface area (Å²) in [6.45, 7) is 6.13. The Morgan fingerprint density at radius 1 is 1.29 bits per heavy atom. The molecule has 0 spiro atoms. The van der Waals surface area contributed by atoms with Crippen molar-refractivity contribution in [2.75, 3.05) is 7.05 Å². The molecule has 2 heterocycles. The number of carbonyl (C=O) groups is 1. The average Bonchev–Trinajstić information content (AvgIpc) is 2.73. The van der Waals surface area contributed by atoms with Crippen molar-refractivity contribution in [2.24, 2.45) is 0 Å². The van der Waals surface area contributed by atoms with E-state index in [-0.39, 0.29) is 24.3 Å². The second kappa shape index (κ2) is 5.28. The molecule has 0 radical (unpaired) electrons. The van der Waals surface area contributed by atoms with E-state index in [2.05, 4.69) is 25.6 Å². The molecule has 2 aliphatic rings. The van der Waals surface area contributed by atoms with Crippen molar-refractivity contribution < 1.29 is 9.53 Å². The van der Waals surface area contributed by atoms with E-state index in [1.54, 1.807) is 11.2 Å². The zero-order chi connectivity index (χ0) is 15.0. The normalized spacial score (nSPS) is 29.0. The van der Waals surface area contributed by atoms with Crippen LogP contribution in [0.3, 0.4) is 0 Å². The van der Waals surface area contributed by atoms with Gasteiger partial charge in [-0.05, 0) is 30.6 Å². The number of nitrogens with zero attached hydrogens (tertiary/aromatic N) is 2. The predicted octanol–water partition coefficient (Wildman–Crippen LogP) is 3.30. The lowest BCUT2D eigenvalue weighted by Crippen LogP contribution is -2.42. The highest BCUT2D eigenvalue weighted by Gasteiger charge is 2.47. The van der Waals surface area contributed by atoms with Crippen LogP contribution in [0.25, 0.3) is 0 Å². The third-order valence-corrected chi connectivity index (χ3v) is 4.32. The lowest BCUT2D eigenvalue weighted by atomic mass is 9.99. The van der Waals surface area contributed by atoms with Crippen LogP contribution in [0, 0.1) is 0 Å². The fourth-order valence-corrected chi connectivity index (χ4v) is 3.04. The Labute approximate surface area is 125 Å². The maximum Gasteiger partial charge on any atom is 0.323 e. The largest absolute Gasteiger partial charge is 0.474 e. The molecule has 0 bridgehead atoms. The fourth-order valence-electron chi connectivity index (χ4n) is 3.04. The van der Waals surface area contributed by atoms with Gasteiger partial charge in [-0.2, -0.15) is 0 Å². The molecule has 2 amide bonds. The SMILES string of the molecule is C=C1CC=CO[C@@H]1N1C(=O)N(C)[C@@H](C)[C@H]1c1ccccc1. The number of ether oxygens (including phenoxy) is 1. The second-order valence-corrected chi connectivity index (χ2v) is 5.62. The van der Waals surface area contributed by atoms with Crippen molar-refractivity contribution in [3.05, 3.63) is 60.4 Å². The van der Waals surface area contributed by atoms with Gasteiger partial charge >= 0.3 is 6.03 Å².